The Kier molecular flexibility index (Phi) is 5.46. The summed E-state index contributed by atoms with van der Waals surface area (Å²) in [6.45, 7) is 0. The maximum absolute atomic E-state index is 12.3. The van der Waals surface area contributed by atoms with E-state index in [2.05, 4.69) is 16.0 Å². The second kappa shape index (κ2) is 8.13. The summed E-state index contributed by atoms with van der Waals surface area (Å²) in [5.41, 5.74) is 8.01. The molecule has 0 aliphatic carbocycles. The Bertz CT molecular complexity index is 1070. The zero-order valence-corrected chi connectivity index (χ0v) is 14.9. The highest BCUT2D eigenvalue weighted by molar-refractivity contribution is 8.00. The quantitative estimate of drug-likeness (QED) is 0.539. The molecule has 130 valence electrons. The van der Waals surface area contributed by atoms with Crippen molar-refractivity contribution in [2.24, 2.45) is 0 Å². The third-order valence-electron chi connectivity index (χ3n) is 3.82. The van der Waals surface area contributed by atoms with Gasteiger partial charge in [0, 0.05) is 23.5 Å². The van der Waals surface area contributed by atoms with Gasteiger partial charge in [0.1, 0.15) is 28.5 Å². The highest BCUT2D eigenvalue weighted by atomic mass is 32.2. The summed E-state index contributed by atoms with van der Waals surface area (Å²) in [5.74, 6) is 0.0112. The van der Waals surface area contributed by atoms with Crippen LogP contribution < -0.4 is 5.73 Å². The van der Waals surface area contributed by atoms with E-state index >= 15 is 0 Å². The van der Waals surface area contributed by atoms with Crippen molar-refractivity contribution in [3.05, 3.63) is 71.5 Å². The number of nitrogens with two attached hydrogens (primary N) is 1. The van der Waals surface area contributed by atoms with Gasteiger partial charge in [-0.05, 0) is 17.7 Å². The Hall–Kier alpha value is -3.68. The van der Waals surface area contributed by atoms with Crippen LogP contribution in [0.25, 0.3) is 11.1 Å². The number of hydrogen-bond donors (Lipinski definition) is 1. The summed E-state index contributed by atoms with van der Waals surface area (Å²) < 4.78 is 0. The molecule has 0 fully saturated rings. The van der Waals surface area contributed by atoms with Crippen LogP contribution in [0.2, 0.25) is 0 Å². The van der Waals surface area contributed by atoms with Crippen molar-refractivity contribution in [1.29, 1.82) is 10.5 Å². The lowest BCUT2D eigenvalue weighted by Crippen LogP contribution is -2.06. The second-order valence-electron chi connectivity index (χ2n) is 5.46. The standard InChI is InChI=1S/C20H13N5OS/c21-10-15-18(14-4-2-1-3-5-14)16(11-22)20(25-19(15)23)27-12-17(26)13-6-8-24-9-7-13/h1-9H,12H2,(H2,23,25). The van der Waals surface area contributed by atoms with Gasteiger partial charge in [-0.25, -0.2) is 4.98 Å². The van der Waals surface area contributed by atoms with Crippen LogP contribution in [0.3, 0.4) is 0 Å². The number of Topliss-reactive ketones (excluding diaryl/α,β-unsaturated/α-hetero) is 1. The van der Waals surface area contributed by atoms with Crippen molar-refractivity contribution in [3.63, 3.8) is 0 Å². The molecule has 1 aromatic carbocycles. The number of nitrogen functional groups attached to an aromatic ring is 1. The maximum Gasteiger partial charge on any atom is 0.173 e. The van der Waals surface area contributed by atoms with E-state index in [1.54, 1.807) is 36.7 Å². The molecule has 3 aromatic rings. The Morgan fingerprint density at radius 2 is 1.70 bits per heavy atom. The molecule has 2 heterocycles. The van der Waals surface area contributed by atoms with Gasteiger partial charge in [-0.1, -0.05) is 42.1 Å². The smallest absolute Gasteiger partial charge is 0.173 e. The summed E-state index contributed by atoms with van der Waals surface area (Å²) in [4.78, 5) is 20.4. The van der Waals surface area contributed by atoms with Gasteiger partial charge in [0.15, 0.2) is 5.78 Å². The molecule has 2 N–H and O–H groups in total. The average molecular weight is 371 g/mol. The molecule has 6 nitrogen and oxygen atoms in total. The minimum Gasteiger partial charge on any atom is -0.383 e. The van der Waals surface area contributed by atoms with Crippen molar-refractivity contribution in [2.45, 2.75) is 5.03 Å². The van der Waals surface area contributed by atoms with Gasteiger partial charge in [0.2, 0.25) is 0 Å². The molecule has 0 saturated carbocycles. The number of aromatic nitrogens is 2. The Morgan fingerprint density at radius 3 is 2.33 bits per heavy atom. The number of thioether (sulfide) groups is 1. The second-order valence-corrected chi connectivity index (χ2v) is 6.43. The summed E-state index contributed by atoms with van der Waals surface area (Å²) in [6.07, 6.45) is 3.09. The van der Waals surface area contributed by atoms with E-state index in [1.807, 2.05) is 24.3 Å². The number of hydrogen-bond acceptors (Lipinski definition) is 7. The first-order valence-corrected chi connectivity index (χ1v) is 8.89. The van der Waals surface area contributed by atoms with Crippen molar-refractivity contribution < 1.29 is 4.79 Å². The van der Waals surface area contributed by atoms with E-state index < -0.39 is 0 Å². The molecule has 2 aromatic heterocycles. The first-order chi connectivity index (χ1) is 13.2. The number of benzene rings is 1. The molecule has 0 radical (unpaired) electrons. The number of anilines is 1. The fourth-order valence-electron chi connectivity index (χ4n) is 2.55. The van der Waals surface area contributed by atoms with Crippen molar-refractivity contribution in [3.8, 4) is 23.3 Å². The molecule has 3 rings (SSSR count). The number of rotatable bonds is 5. The van der Waals surface area contributed by atoms with Crippen molar-refractivity contribution >= 4 is 23.4 Å². The maximum atomic E-state index is 12.3. The summed E-state index contributed by atoms with van der Waals surface area (Å²) in [6, 6.07) is 16.5. The summed E-state index contributed by atoms with van der Waals surface area (Å²) >= 11 is 1.12. The van der Waals surface area contributed by atoms with Crippen LogP contribution in [0.5, 0.6) is 0 Å². The molecular formula is C20H13N5OS. The normalized spacial score (nSPS) is 10.0. The lowest BCUT2D eigenvalue weighted by atomic mass is 9.97. The van der Waals surface area contributed by atoms with Crippen molar-refractivity contribution in [1.82, 2.24) is 9.97 Å². The van der Waals surface area contributed by atoms with Gasteiger partial charge in [-0.2, -0.15) is 10.5 Å². The molecule has 0 aliphatic heterocycles. The van der Waals surface area contributed by atoms with Gasteiger partial charge in [-0.15, -0.1) is 0 Å². The molecule has 0 amide bonds. The number of nitrogens with zero attached hydrogens (tertiary/aromatic N) is 4. The van der Waals surface area contributed by atoms with Crippen LogP contribution in [-0.2, 0) is 0 Å². The topological polar surface area (TPSA) is 116 Å². The molecule has 7 heteroatoms. The first-order valence-electron chi connectivity index (χ1n) is 7.90. The molecule has 0 unspecified atom stereocenters. The third kappa shape index (κ3) is 3.79. The van der Waals surface area contributed by atoms with Crippen LogP contribution in [0, 0.1) is 22.7 Å². The molecule has 0 atom stereocenters. The van der Waals surface area contributed by atoms with Gasteiger partial charge in [-0.3, -0.25) is 9.78 Å². The lowest BCUT2D eigenvalue weighted by molar-refractivity contribution is 0.102. The SMILES string of the molecule is N#Cc1c(N)nc(SCC(=O)c2ccncc2)c(C#N)c1-c1ccccc1. The van der Waals surface area contributed by atoms with Crippen LogP contribution in [0.1, 0.15) is 21.5 Å². The van der Waals surface area contributed by atoms with Crippen LogP contribution >= 0.6 is 11.8 Å². The van der Waals surface area contributed by atoms with Gasteiger partial charge in [0.05, 0.1) is 11.3 Å². The molecule has 0 spiro atoms. The minimum atomic E-state index is -0.114. The van der Waals surface area contributed by atoms with Gasteiger partial charge in [0.25, 0.3) is 0 Å². The zero-order chi connectivity index (χ0) is 19.2. The van der Waals surface area contributed by atoms with Gasteiger partial charge < -0.3 is 5.73 Å². The molecule has 0 saturated heterocycles. The monoisotopic (exact) mass is 371 g/mol. The van der Waals surface area contributed by atoms with Crippen molar-refractivity contribution in [2.75, 3.05) is 11.5 Å². The molecular weight excluding hydrogens is 358 g/mol. The van der Waals surface area contributed by atoms with Crippen LogP contribution in [0.15, 0.2) is 59.9 Å². The van der Waals surface area contributed by atoms with E-state index in [0.29, 0.717) is 21.7 Å². The summed E-state index contributed by atoms with van der Waals surface area (Å²) in [7, 11) is 0. The zero-order valence-electron chi connectivity index (χ0n) is 14.1. The molecule has 0 bridgehead atoms. The largest absolute Gasteiger partial charge is 0.383 e. The number of ketones is 1. The highest BCUT2D eigenvalue weighted by Gasteiger charge is 2.21. The molecule has 27 heavy (non-hydrogen) atoms. The minimum absolute atomic E-state index is 0.0363. The predicted octanol–water partition coefficient (Wildman–Crippen LogP) is 3.44. The van der Waals surface area contributed by atoms with E-state index in [4.69, 9.17) is 5.73 Å². The van der Waals surface area contributed by atoms with E-state index in [9.17, 15) is 15.3 Å². The predicted molar refractivity (Wildman–Crippen MR) is 103 cm³/mol. The Balaban J connectivity index is 2.02. The average Bonchev–Trinajstić information content (AvgIpc) is 2.72. The number of carbonyl (C=O) groups excluding carboxylic acids is 1. The summed E-state index contributed by atoms with van der Waals surface area (Å²) in [5, 5.41) is 19.5. The fraction of sp³-hybridized carbons (Fsp3) is 0.0500. The fourth-order valence-corrected chi connectivity index (χ4v) is 3.44. The Morgan fingerprint density at radius 1 is 1.04 bits per heavy atom. The molecule has 0 aliphatic rings. The number of nitriles is 2. The number of carbonyl (C=O) groups is 1. The highest BCUT2D eigenvalue weighted by Crippen LogP contribution is 2.35. The first kappa shape index (κ1) is 18.1. The van der Waals surface area contributed by atoms with E-state index in [1.165, 1.54) is 0 Å². The van der Waals surface area contributed by atoms with Crippen LogP contribution in [-0.4, -0.2) is 21.5 Å². The van der Waals surface area contributed by atoms with E-state index in [-0.39, 0.29) is 28.5 Å². The van der Waals surface area contributed by atoms with E-state index in [0.717, 1.165) is 11.8 Å². The van der Waals surface area contributed by atoms with Crippen LogP contribution in [0.4, 0.5) is 5.82 Å². The number of pyridine rings is 2. The Labute approximate surface area is 160 Å². The van der Waals surface area contributed by atoms with Gasteiger partial charge >= 0.3 is 0 Å². The lowest BCUT2D eigenvalue weighted by Gasteiger charge is -2.12. The third-order valence-corrected chi connectivity index (χ3v) is 4.80.